The van der Waals surface area contributed by atoms with Crippen LogP contribution in [0.25, 0.3) is 10.8 Å². The number of fused-ring (bicyclic) bond motifs is 3. The zero-order chi connectivity index (χ0) is 23.8. The number of ether oxygens (including phenoxy) is 1. The number of hydrogen-bond acceptors (Lipinski definition) is 3. The molecule has 2 heterocycles. The van der Waals surface area contributed by atoms with Crippen molar-refractivity contribution in [1.82, 2.24) is 4.90 Å². The van der Waals surface area contributed by atoms with Crippen molar-refractivity contribution in [3.05, 3.63) is 41.5 Å². The van der Waals surface area contributed by atoms with Crippen LogP contribution in [0.2, 0.25) is 0 Å². The van der Waals surface area contributed by atoms with Crippen LogP contribution in [-0.2, 0) is 11.5 Å². The van der Waals surface area contributed by atoms with Gasteiger partial charge in [0.1, 0.15) is 12.4 Å². The Balaban J connectivity index is 1.35. The molecule has 1 aliphatic carbocycles. The molecule has 3 aliphatic rings. The van der Waals surface area contributed by atoms with Gasteiger partial charge < -0.3 is 14.7 Å². The van der Waals surface area contributed by atoms with Crippen molar-refractivity contribution in [2.75, 3.05) is 0 Å². The largest absolute Gasteiger partial charge is 0.490 e. The van der Waals surface area contributed by atoms with E-state index in [0.29, 0.717) is 29.7 Å². The number of carboxylic acids is 1. The van der Waals surface area contributed by atoms with Crippen molar-refractivity contribution in [1.29, 1.82) is 0 Å². The van der Waals surface area contributed by atoms with Crippen molar-refractivity contribution >= 4 is 22.6 Å². The lowest BCUT2D eigenvalue weighted by Gasteiger charge is -2.37. The molecule has 1 saturated carbocycles. The third kappa shape index (κ3) is 4.27. The highest BCUT2D eigenvalue weighted by Crippen LogP contribution is 2.40. The monoisotopic (exact) mass is 467 g/mol. The second-order valence-corrected chi connectivity index (χ2v) is 10.4. The summed E-state index contributed by atoms with van der Waals surface area (Å²) in [4.78, 5) is 26.8. The molecule has 6 heteroatoms. The zero-order valence-electron chi connectivity index (χ0n) is 19.8. The summed E-state index contributed by atoms with van der Waals surface area (Å²) < 4.78 is 20.4. The molecule has 34 heavy (non-hydrogen) atoms. The normalized spacial score (nSPS) is 28.8. The van der Waals surface area contributed by atoms with E-state index in [0.717, 1.165) is 55.2 Å². The average Bonchev–Trinajstić information content (AvgIpc) is 3.12. The maximum absolute atomic E-state index is 14.1. The minimum absolute atomic E-state index is 0.0111. The van der Waals surface area contributed by atoms with Gasteiger partial charge in [-0.2, -0.15) is 0 Å². The molecule has 1 amide bonds. The summed E-state index contributed by atoms with van der Waals surface area (Å²) in [5.74, 6) is 0.222. The van der Waals surface area contributed by atoms with Gasteiger partial charge in [0, 0.05) is 23.2 Å². The second-order valence-electron chi connectivity index (χ2n) is 10.4. The fourth-order valence-electron chi connectivity index (χ4n) is 6.45. The first-order valence-corrected chi connectivity index (χ1v) is 12.8. The van der Waals surface area contributed by atoms with Gasteiger partial charge in [-0.15, -0.1) is 0 Å². The predicted octanol–water partition coefficient (Wildman–Crippen LogP) is 6.12. The Bertz CT molecular complexity index is 1060. The second kappa shape index (κ2) is 9.55. The molecular weight excluding hydrogens is 433 g/mol. The number of hydrogen-bond donors (Lipinski definition) is 1. The van der Waals surface area contributed by atoms with Crippen LogP contribution in [0.1, 0.15) is 80.6 Å². The number of benzene rings is 2. The Kier molecular flexibility index (Phi) is 6.50. The van der Waals surface area contributed by atoms with Crippen LogP contribution in [0.15, 0.2) is 30.3 Å². The Morgan fingerprint density at radius 1 is 1.03 bits per heavy atom. The number of carbonyl (C=O) groups excluding carboxylic acids is 1. The number of amides is 1. The van der Waals surface area contributed by atoms with Crippen molar-refractivity contribution < 1.29 is 23.8 Å². The van der Waals surface area contributed by atoms with E-state index in [1.165, 1.54) is 6.42 Å². The van der Waals surface area contributed by atoms with Crippen LogP contribution < -0.4 is 4.74 Å². The van der Waals surface area contributed by atoms with Crippen LogP contribution in [0, 0.1) is 11.8 Å². The fraction of sp³-hybridized carbons (Fsp3) is 0.571. The first-order chi connectivity index (χ1) is 16.5. The van der Waals surface area contributed by atoms with E-state index in [-0.39, 0.29) is 30.0 Å². The number of aliphatic carboxylic acids is 1. The number of piperidine rings is 1. The van der Waals surface area contributed by atoms with Crippen molar-refractivity contribution in [3.63, 3.8) is 0 Å². The lowest BCUT2D eigenvalue weighted by atomic mass is 9.86. The van der Waals surface area contributed by atoms with Gasteiger partial charge >= 0.3 is 5.97 Å². The van der Waals surface area contributed by atoms with Gasteiger partial charge in [0.05, 0.1) is 12.0 Å². The molecule has 2 atom stereocenters. The summed E-state index contributed by atoms with van der Waals surface area (Å²) in [6, 6.07) is 9.21. The zero-order valence-corrected chi connectivity index (χ0v) is 19.8. The highest BCUT2D eigenvalue weighted by atomic mass is 19.1. The number of alkyl halides is 1. The maximum Gasteiger partial charge on any atom is 0.306 e. The smallest absolute Gasteiger partial charge is 0.306 e. The highest BCUT2D eigenvalue weighted by molar-refractivity contribution is 6.00. The number of nitrogens with zero attached hydrogens (tertiary/aromatic N) is 1. The van der Waals surface area contributed by atoms with Gasteiger partial charge in [0.15, 0.2) is 0 Å². The van der Waals surface area contributed by atoms with E-state index < -0.39 is 12.6 Å². The summed E-state index contributed by atoms with van der Waals surface area (Å²) in [6.07, 6.45) is 8.47. The molecule has 2 aliphatic heterocycles. The minimum atomic E-state index is -0.759. The molecule has 2 bridgehead atoms. The number of rotatable bonds is 6. The summed E-state index contributed by atoms with van der Waals surface area (Å²) in [5, 5.41) is 11.0. The van der Waals surface area contributed by atoms with Gasteiger partial charge in [-0.25, -0.2) is 4.39 Å². The molecule has 0 spiro atoms. The molecule has 5 nitrogen and oxygen atoms in total. The van der Waals surface area contributed by atoms with Crippen LogP contribution in [0.5, 0.6) is 5.75 Å². The predicted molar refractivity (Wildman–Crippen MR) is 129 cm³/mol. The molecule has 2 unspecified atom stereocenters. The van der Waals surface area contributed by atoms with Crippen molar-refractivity contribution in [3.8, 4) is 5.75 Å². The van der Waals surface area contributed by atoms with E-state index in [4.69, 9.17) is 4.74 Å². The topological polar surface area (TPSA) is 66.8 Å². The Morgan fingerprint density at radius 2 is 1.74 bits per heavy atom. The lowest BCUT2D eigenvalue weighted by molar-refractivity contribution is -0.144. The SMILES string of the molecule is CCC1CCC(Oc2ccc3cc(C(=O)N4C5CCC4CC(C(=O)O)C5)ccc3c2CF)CC1. The van der Waals surface area contributed by atoms with E-state index in [9.17, 15) is 19.1 Å². The minimum Gasteiger partial charge on any atom is -0.490 e. The van der Waals surface area contributed by atoms with Gasteiger partial charge in [-0.05, 0) is 86.3 Å². The summed E-state index contributed by atoms with van der Waals surface area (Å²) in [5.41, 5.74) is 1.13. The number of carbonyl (C=O) groups is 2. The van der Waals surface area contributed by atoms with E-state index in [2.05, 4.69) is 6.92 Å². The molecule has 0 aromatic heterocycles. The highest BCUT2D eigenvalue weighted by Gasteiger charge is 2.45. The summed E-state index contributed by atoms with van der Waals surface area (Å²) >= 11 is 0. The van der Waals surface area contributed by atoms with Crippen LogP contribution in [0.4, 0.5) is 4.39 Å². The molecule has 182 valence electrons. The quantitative estimate of drug-likeness (QED) is 0.555. The Hall–Kier alpha value is -2.63. The molecule has 2 aromatic rings. The lowest BCUT2D eigenvalue weighted by Crippen LogP contribution is -2.47. The molecular formula is C28H34FNO4. The first-order valence-electron chi connectivity index (χ1n) is 12.8. The summed E-state index contributed by atoms with van der Waals surface area (Å²) in [7, 11) is 0. The van der Waals surface area contributed by atoms with Crippen LogP contribution in [-0.4, -0.2) is 40.1 Å². The van der Waals surface area contributed by atoms with Crippen LogP contribution in [0.3, 0.4) is 0 Å². The van der Waals surface area contributed by atoms with E-state index in [1.54, 1.807) is 6.07 Å². The fourth-order valence-corrected chi connectivity index (χ4v) is 6.45. The standard InChI is InChI=1S/C28H34FNO4/c1-2-17-3-9-23(10-4-17)34-26-12-6-18-13-19(5-11-24(18)25(26)16-29)27(31)30-21-7-8-22(30)15-20(14-21)28(32)33/h5-6,11-13,17,20-23H,2-4,7-10,14-16H2,1H3,(H,32,33). The molecule has 5 rings (SSSR count). The molecule has 1 N–H and O–H groups in total. The Labute approximate surface area is 200 Å². The maximum atomic E-state index is 14.1. The third-order valence-electron chi connectivity index (χ3n) is 8.45. The number of halogens is 1. The van der Waals surface area contributed by atoms with Gasteiger partial charge in [-0.1, -0.05) is 25.5 Å². The number of carboxylic acid groups (broad SMARTS) is 1. The van der Waals surface area contributed by atoms with Gasteiger partial charge in [-0.3, -0.25) is 9.59 Å². The molecule has 2 aromatic carbocycles. The Morgan fingerprint density at radius 3 is 2.35 bits per heavy atom. The van der Waals surface area contributed by atoms with Crippen molar-refractivity contribution in [2.24, 2.45) is 11.8 Å². The third-order valence-corrected chi connectivity index (χ3v) is 8.45. The molecule has 2 saturated heterocycles. The molecule has 0 radical (unpaired) electrons. The van der Waals surface area contributed by atoms with Crippen LogP contribution >= 0.6 is 0 Å². The van der Waals surface area contributed by atoms with Crippen molar-refractivity contribution in [2.45, 2.75) is 89.6 Å². The van der Waals surface area contributed by atoms with E-state index in [1.807, 2.05) is 29.2 Å². The van der Waals surface area contributed by atoms with Gasteiger partial charge in [0.2, 0.25) is 0 Å². The summed E-state index contributed by atoms with van der Waals surface area (Å²) in [6.45, 7) is 1.62. The van der Waals surface area contributed by atoms with E-state index >= 15 is 0 Å². The van der Waals surface area contributed by atoms with Gasteiger partial charge in [0.25, 0.3) is 5.91 Å². The average molecular weight is 468 g/mol. The molecule has 3 fully saturated rings. The first kappa shape index (κ1) is 23.1.